The van der Waals surface area contributed by atoms with Crippen molar-refractivity contribution in [2.75, 3.05) is 19.6 Å². The highest BCUT2D eigenvalue weighted by molar-refractivity contribution is 5.92. The van der Waals surface area contributed by atoms with Crippen LogP contribution in [0.25, 0.3) is 11.4 Å². The highest BCUT2D eigenvalue weighted by atomic mass is 19.4. The molecule has 0 atom stereocenters. The Labute approximate surface area is 167 Å². The molecular weight excluding hydrogens is 414 g/mol. The molecule has 2 aromatic rings. The number of nitrogens with one attached hydrogen (secondary N) is 2. The van der Waals surface area contributed by atoms with Crippen LogP contribution in [0.5, 0.6) is 0 Å². The molecule has 2 heterocycles. The first-order valence-electron chi connectivity index (χ1n) is 9.16. The van der Waals surface area contributed by atoms with Gasteiger partial charge in [0.25, 0.3) is 5.91 Å². The van der Waals surface area contributed by atoms with E-state index in [2.05, 4.69) is 20.6 Å². The standard InChI is InChI=1S/C19H18F6N4O/c20-18(21,22)13-7-12(8-14(9-13)19(23,24)25)16-27-6-3-15(29-16)17(30)28-10-11-1-4-26-5-2-11/h3,6-9,11,26H,1-2,4-5,10H2,(H,28,30). The monoisotopic (exact) mass is 432 g/mol. The lowest BCUT2D eigenvalue weighted by molar-refractivity contribution is -0.143. The fourth-order valence-corrected chi connectivity index (χ4v) is 3.12. The van der Waals surface area contributed by atoms with Crippen LogP contribution < -0.4 is 10.6 Å². The molecule has 3 rings (SSSR count). The Balaban J connectivity index is 1.86. The van der Waals surface area contributed by atoms with E-state index in [0.717, 1.165) is 32.1 Å². The molecule has 162 valence electrons. The van der Waals surface area contributed by atoms with E-state index in [0.29, 0.717) is 18.7 Å². The van der Waals surface area contributed by atoms with E-state index in [9.17, 15) is 31.1 Å². The average Bonchev–Trinajstić information content (AvgIpc) is 2.71. The summed E-state index contributed by atoms with van der Waals surface area (Å²) in [4.78, 5) is 20.0. The normalized spacial score (nSPS) is 15.8. The summed E-state index contributed by atoms with van der Waals surface area (Å²) in [7, 11) is 0. The first-order valence-corrected chi connectivity index (χ1v) is 9.16. The lowest BCUT2D eigenvalue weighted by Gasteiger charge is -2.22. The third kappa shape index (κ3) is 5.47. The number of aromatic nitrogens is 2. The van der Waals surface area contributed by atoms with Gasteiger partial charge in [-0.3, -0.25) is 4.79 Å². The number of rotatable bonds is 4. The van der Waals surface area contributed by atoms with Crippen molar-refractivity contribution in [1.29, 1.82) is 0 Å². The zero-order chi connectivity index (χ0) is 21.9. The van der Waals surface area contributed by atoms with Crippen LogP contribution in [0, 0.1) is 5.92 Å². The summed E-state index contributed by atoms with van der Waals surface area (Å²) in [6.07, 6.45) is -7.07. The number of hydrogen-bond donors (Lipinski definition) is 2. The van der Waals surface area contributed by atoms with Crippen molar-refractivity contribution in [2.45, 2.75) is 25.2 Å². The first kappa shape index (κ1) is 22.0. The van der Waals surface area contributed by atoms with Crippen LogP contribution in [0.3, 0.4) is 0 Å². The van der Waals surface area contributed by atoms with E-state index in [1.807, 2.05) is 0 Å². The summed E-state index contributed by atoms with van der Waals surface area (Å²) in [6, 6.07) is 2.33. The van der Waals surface area contributed by atoms with Crippen LogP contribution in [0.15, 0.2) is 30.5 Å². The first-order chi connectivity index (χ1) is 14.0. The fraction of sp³-hybridized carbons (Fsp3) is 0.421. The van der Waals surface area contributed by atoms with Gasteiger partial charge in [0.15, 0.2) is 5.82 Å². The summed E-state index contributed by atoms with van der Waals surface area (Å²) in [5.41, 5.74) is -3.57. The van der Waals surface area contributed by atoms with Gasteiger partial charge in [-0.15, -0.1) is 0 Å². The van der Waals surface area contributed by atoms with Gasteiger partial charge in [0, 0.05) is 18.3 Å². The molecule has 0 unspecified atom stereocenters. The molecule has 11 heteroatoms. The van der Waals surface area contributed by atoms with E-state index in [1.54, 1.807) is 0 Å². The smallest absolute Gasteiger partial charge is 0.350 e. The number of nitrogens with zero attached hydrogens (tertiary/aromatic N) is 2. The van der Waals surface area contributed by atoms with Crippen molar-refractivity contribution in [3.05, 3.63) is 47.3 Å². The molecule has 30 heavy (non-hydrogen) atoms. The van der Waals surface area contributed by atoms with Crippen molar-refractivity contribution >= 4 is 5.91 Å². The molecule has 1 aromatic heterocycles. The van der Waals surface area contributed by atoms with E-state index in [4.69, 9.17) is 0 Å². The second kappa shape index (κ2) is 8.58. The molecule has 0 saturated carbocycles. The third-order valence-corrected chi connectivity index (χ3v) is 4.74. The fourth-order valence-electron chi connectivity index (χ4n) is 3.12. The summed E-state index contributed by atoms with van der Waals surface area (Å²) in [5.74, 6) is -0.685. The summed E-state index contributed by atoms with van der Waals surface area (Å²) >= 11 is 0. The zero-order valence-electron chi connectivity index (χ0n) is 15.6. The summed E-state index contributed by atoms with van der Waals surface area (Å²) < 4.78 is 78.4. The Kier molecular flexibility index (Phi) is 6.30. The number of amides is 1. The number of hydrogen-bond acceptors (Lipinski definition) is 4. The minimum atomic E-state index is -4.99. The Morgan fingerprint density at radius 3 is 2.20 bits per heavy atom. The molecule has 0 bridgehead atoms. The molecule has 1 fully saturated rings. The zero-order valence-corrected chi connectivity index (χ0v) is 15.6. The summed E-state index contributed by atoms with van der Waals surface area (Å²) in [5, 5.41) is 5.90. The van der Waals surface area contributed by atoms with Gasteiger partial charge in [0.2, 0.25) is 0 Å². The average molecular weight is 432 g/mol. The topological polar surface area (TPSA) is 66.9 Å². The maximum atomic E-state index is 13.1. The number of carbonyl (C=O) groups is 1. The van der Waals surface area contributed by atoms with E-state index < -0.39 is 40.8 Å². The Morgan fingerprint density at radius 2 is 1.63 bits per heavy atom. The van der Waals surface area contributed by atoms with Crippen LogP contribution in [0.1, 0.15) is 34.5 Å². The van der Waals surface area contributed by atoms with Gasteiger partial charge in [-0.25, -0.2) is 9.97 Å². The van der Waals surface area contributed by atoms with Crippen LogP contribution in [0.2, 0.25) is 0 Å². The van der Waals surface area contributed by atoms with E-state index in [1.165, 1.54) is 6.07 Å². The van der Waals surface area contributed by atoms with Gasteiger partial charge in [-0.1, -0.05) is 0 Å². The Hall–Kier alpha value is -2.69. The molecule has 1 amide bonds. The van der Waals surface area contributed by atoms with Crippen molar-refractivity contribution < 1.29 is 31.1 Å². The van der Waals surface area contributed by atoms with Gasteiger partial charge in [0.1, 0.15) is 5.69 Å². The molecule has 2 N–H and O–H groups in total. The third-order valence-electron chi connectivity index (χ3n) is 4.74. The number of carbonyl (C=O) groups excluding carboxylic acids is 1. The molecule has 0 radical (unpaired) electrons. The molecule has 1 aliphatic heterocycles. The van der Waals surface area contributed by atoms with E-state index in [-0.39, 0.29) is 17.7 Å². The predicted molar refractivity (Wildman–Crippen MR) is 95.4 cm³/mol. The number of benzene rings is 1. The number of alkyl halides is 6. The van der Waals surface area contributed by atoms with Gasteiger partial charge < -0.3 is 10.6 Å². The molecule has 1 aromatic carbocycles. The van der Waals surface area contributed by atoms with Crippen molar-refractivity contribution in [2.24, 2.45) is 5.92 Å². The molecule has 1 saturated heterocycles. The van der Waals surface area contributed by atoms with Gasteiger partial charge in [0.05, 0.1) is 11.1 Å². The van der Waals surface area contributed by atoms with Gasteiger partial charge in [-0.2, -0.15) is 26.3 Å². The molecule has 0 aliphatic carbocycles. The molecule has 5 nitrogen and oxygen atoms in total. The van der Waals surface area contributed by atoms with Crippen LogP contribution >= 0.6 is 0 Å². The second-order valence-electron chi connectivity index (χ2n) is 6.96. The highest BCUT2D eigenvalue weighted by Gasteiger charge is 2.37. The second-order valence-corrected chi connectivity index (χ2v) is 6.96. The quantitative estimate of drug-likeness (QED) is 0.719. The van der Waals surface area contributed by atoms with E-state index >= 15 is 0 Å². The lowest BCUT2D eigenvalue weighted by atomic mass is 9.98. The lowest BCUT2D eigenvalue weighted by Crippen LogP contribution is -2.36. The van der Waals surface area contributed by atoms with Crippen molar-refractivity contribution in [3.8, 4) is 11.4 Å². The van der Waals surface area contributed by atoms with Gasteiger partial charge >= 0.3 is 12.4 Å². The number of halogens is 6. The minimum absolute atomic E-state index is 0.0269. The molecule has 0 spiro atoms. The Bertz CT molecular complexity index is 874. The van der Waals surface area contributed by atoms with Crippen LogP contribution in [0.4, 0.5) is 26.3 Å². The maximum absolute atomic E-state index is 13.1. The molecule has 1 aliphatic rings. The molecular formula is C19H18F6N4O. The maximum Gasteiger partial charge on any atom is 0.416 e. The largest absolute Gasteiger partial charge is 0.416 e. The van der Waals surface area contributed by atoms with Crippen LogP contribution in [-0.4, -0.2) is 35.5 Å². The number of piperidine rings is 1. The summed E-state index contributed by atoms with van der Waals surface area (Å²) in [6.45, 7) is 2.09. The van der Waals surface area contributed by atoms with Crippen LogP contribution in [-0.2, 0) is 12.4 Å². The van der Waals surface area contributed by atoms with Gasteiger partial charge in [-0.05, 0) is 56.1 Å². The van der Waals surface area contributed by atoms with Crippen molar-refractivity contribution in [3.63, 3.8) is 0 Å². The highest BCUT2D eigenvalue weighted by Crippen LogP contribution is 2.38. The SMILES string of the molecule is O=C(NCC1CCNCC1)c1ccnc(-c2cc(C(F)(F)F)cc(C(F)(F)F)c2)n1. The predicted octanol–water partition coefficient (Wildman–Crippen LogP) is 3.91. The Morgan fingerprint density at radius 1 is 1.03 bits per heavy atom. The van der Waals surface area contributed by atoms with Crippen molar-refractivity contribution in [1.82, 2.24) is 20.6 Å². The minimum Gasteiger partial charge on any atom is -0.350 e.